The van der Waals surface area contributed by atoms with Crippen molar-refractivity contribution in [2.45, 2.75) is 103 Å². The van der Waals surface area contributed by atoms with Crippen LogP contribution in [-0.4, -0.2) is 18.7 Å². The van der Waals surface area contributed by atoms with Crippen LogP contribution in [0.2, 0.25) is 0 Å². The Labute approximate surface area is 218 Å². The Morgan fingerprint density at radius 3 is 2.06 bits per heavy atom. The predicted molar refractivity (Wildman–Crippen MR) is 146 cm³/mol. The van der Waals surface area contributed by atoms with E-state index >= 15 is 0 Å². The van der Waals surface area contributed by atoms with Crippen molar-refractivity contribution in [3.8, 4) is 22.9 Å². The first kappa shape index (κ1) is 27.8. The molecular weight excluding hydrogens is 446 g/mol. The summed E-state index contributed by atoms with van der Waals surface area (Å²) in [7, 11) is 0. The number of nitrogens with zero attached hydrogens (tertiary/aromatic N) is 1. The molecule has 0 radical (unpaired) electrons. The third-order valence-electron chi connectivity index (χ3n) is 7.48. The molecule has 3 rings (SSSR count). The average Bonchev–Trinajstić information content (AvgIpc) is 2.92. The molecule has 0 amide bonds. The van der Waals surface area contributed by atoms with Crippen molar-refractivity contribution in [3.63, 3.8) is 0 Å². The Balaban J connectivity index is 1.46. The fraction of sp³-hybridized carbons (Fsp3) is 0.562. The second-order valence-corrected chi connectivity index (χ2v) is 10.3. The van der Waals surface area contributed by atoms with Crippen LogP contribution in [0.15, 0.2) is 48.5 Å². The van der Waals surface area contributed by atoms with E-state index in [0.717, 1.165) is 68.4 Å². The minimum Gasteiger partial charge on any atom is -0.494 e. The van der Waals surface area contributed by atoms with E-state index < -0.39 is 0 Å². The third-order valence-corrected chi connectivity index (χ3v) is 7.48. The van der Waals surface area contributed by atoms with Crippen LogP contribution in [-0.2, 0) is 4.74 Å². The molecule has 4 heteroatoms. The molecule has 2 aromatic carbocycles. The zero-order valence-electron chi connectivity index (χ0n) is 22.3. The van der Waals surface area contributed by atoms with Crippen molar-refractivity contribution in [1.82, 2.24) is 0 Å². The molecule has 36 heavy (non-hydrogen) atoms. The van der Waals surface area contributed by atoms with Crippen LogP contribution >= 0.6 is 0 Å². The van der Waals surface area contributed by atoms with Crippen LogP contribution in [0.3, 0.4) is 0 Å². The Morgan fingerprint density at radius 2 is 1.44 bits per heavy atom. The molecule has 0 saturated heterocycles. The number of rotatable bonds is 14. The minimum atomic E-state index is -0.272. The Kier molecular flexibility index (Phi) is 11.3. The third kappa shape index (κ3) is 8.40. The monoisotopic (exact) mass is 489 g/mol. The van der Waals surface area contributed by atoms with Gasteiger partial charge in [0, 0.05) is 0 Å². The van der Waals surface area contributed by atoms with Crippen molar-refractivity contribution < 1.29 is 14.3 Å². The first-order valence-corrected chi connectivity index (χ1v) is 14.0. The van der Waals surface area contributed by atoms with Gasteiger partial charge in [-0.15, -0.1) is 0 Å². The number of nitriles is 1. The topological polar surface area (TPSA) is 59.3 Å². The van der Waals surface area contributed by atoms with Crippen molar-refractivity contribution >= 4 is 5.97 Å². The lowest BCUT2D eigenvalue weighted by Crippen LogP contribution is -2.31. The minimum absolute atomic E-state index is 0.0939. The maximum Gasteiger partial charge on any atom is 0.338 e. The molecule has 0 aromatic heterocycles. The van der Waals surface area contributed by atoms with E-state index in [2.05, 4.69) is 32.0 Å². The molecule has 1 aliphatic carbocycles. The number of carbonyl (C=O) groups is 1. The highest BCUT2D eigenvalue weighted by atomic mass is 16.5. The van der Waals surface area contributed by atoms with E-state index in [1.807, 2.05) is 36.4 Å². The molecule has 0 atom stereocenters. The molecule has 4 nitrogen and oxygen atoms in total. The first-order chi connectivity index (χ1) is 17.6. The highest BCUT2D eigenvalue weighted by Crippen LogP contribution is 2.41. The highest BCUT2D eigenvalue weighted by molar-refractivity contribution is 5.90. The highest BCUT2D eigenvalue weighted by Gasteiger charge is 2.36. The van der Waals surface area contributed by atoms with Crippen LogP contribution in [0, 0.1) is 16.7 Å². The number of benzene rings is 2. The zero-order chi connectivity index (χ0) is 25.6. The van der Waals surface area contributed by atoms with Gasteiger partial charge in [0.25, 0.3) is 0 Å². The molecule has 0 unspecified atom stereocenters. The molecule has 0 aliphatic heterocycles. The summed E-state index contributed by atoms with van der Waals surface area (Å²) in [5.41, 5.74) is 2.49. The molecule has 1 fully saturated rings. The number of unbranched alkanes of at least 4 members (excludes halogenated alkanes) is 6. The smallest absolute Gasteiger partial charge is 0.338 e. The molecule has 0 N–H and O–H groups in total. The van der Waals surface area contributed by atoms with Crippen LogP contribution in [0.25, 0.3) is 11.1 Å². The van der Waals surface area contributed by atoms with Gasteiger partial charge in [0.2, 0.25) is 0 Å². The normalized spacial score (nSPS) is 19.4. The molecule has 0 spiro atoms. The predicted octanol–water partition coefficient (Wildman–Crippen LogP) is 8.89. The summed E-state index contributed by atoms with van der Waals surface area (Å²) < 4.78 is 11.6. The molecule has 2 aromatic rings. The summed E-state index contributed by atoms with van der Waals surface area (Å²) in [5, 5.41) is 9.82. The Morgan fingerprint density at radius 1 is 0.861 bits per heavy atom. The molecule has 1 aliphatic rings. The number of hydrogen-bond donors (Lipinski definition) is 0. The number of carbonyl (C=O) groups excluding carboxylic acids is 1. The van der Waals surface area contributed by atoms with Crippen molar-refractivity contribution in [2.75, 3.05) is 6.61 Å². The number of ether oxygens (including phenoxy) is 2. The van der Waals surface area contributed by atoms with Gasteiger partial charge in [0.05, 0.1) is 23.7 Å². The van der Waals surface area contributed by atoms with Gasteiger partial charge in [-0.1, -0.05) is 83.1 Å². The van der Waals surface area contributed by atoms with Gasteiger partial charge >= 0.3 is 5.97 Å². The van der Waals surface area contributed by atoms with Gasteiger partial charge in [0.15, 0.2) is 0 Å². The Bertz CT molecular complexity index is 950. The van der Waals surface area contributed by atoms with Crippen LogP contribution in [0.4, 0.5) is 0 Å². The van der Waals surface area contributed by atoms with Gasteiger partial charge in [-0.05, 0) is 73.9 Å². The van der Waals surface area contributed by atoms with Crippen LogP contribution < -0.4 is 4.74 Å². The van der Waals surface area contributed by atoms with Gasteiger partial charge in [-0.2, -0.15) is 5.26 Å². The van der Waals surface area contributed by atoms with Gasteiger partial charge in [-0.3, -0.25) is 0 Å². The zero-order valence-corrected chi connectivity index (χ0v) is 22.3. The standard InChI is InChI=1S/C32H43NO3/c1-3-5-7-8-9-21-32(25-33)22-19-30(20-23-32)36-31(34)28-13-11-26(12-14-28)27-15-17-29(18-16-27)35-24-10-6-4-2/h11-18,30H,3-10,19-24H2,1-2H3. The van der Waals surface area contributed by atoms with Crippen molar-refractivity contribution in [1.29, 1.82) is 5.26 Å². The quantitative estimate of drug-likeness (QED) is 0.196. The number of esters is 1. The van der Waals surface area contributed by atoms with Crippen molar-refractivity contribution in [3.05, 3.63) is 54.1 Å². The first-order valence-electron chi connectivity index (χ1n) is 14.0. The van der Waals surface area contributed by atoms with Gasteiger partial charge in [0.1, 0.15) is 11.9 Å². The summed E-state index contributed by atoms with van der Waals surface area (Å²) in [6, 6.07) is 18.3. The molecule has 194 valence electrons. The van der Waals surface area contributed by atoms with E-state index in [0.29, 0.717) is 5.56 Å². The largest absolute Gasteiger partial charge is 0.494 e. The summed E-state index contributed by atoms with van der Waals surface area (Å²) in [6.07, 6.45) is 13.6. The van der Waals surface area contributed by atoms with Crippen LogP contribution in [0.5, 0.6) is 5.75 Å². The summed E-state index contributed by atoms with van der Waals surface area (Å²) in [6.45, 7) is 5.16. The summed E-state index contributed by atoms with van der Waals surface area (Å²) in [4.78, 5) is 12.8. The van der Waals surface area contributed by atoms with E-state index in [1.165, 1.54) is 38.5 Å². The fourth-order valence-electron chi connectivity index (χ4n) is 5.05. The van der Waals surface area contributed by atoms with Crippen molar-refractivity contribution in [2.24, 2.45) is 5.41 Å². The maximum absolute atomic E-state index is 12.8. The number of hydrogen-bond acceptors (Lipinski definition) is 4. The lowest BCUT2D eigenvalue weighted by atomic mass is 9.71. The Hall–Kier alpha value is -2.80. The second kappa shape index (κ2) is 14.7. The van der Waals surface area contributed by atoms with Crippen LogP contribution in [0.1, 0.15) is 108 Å². The van der Waals surface area contributed by atoms with Gasteiger partial charge < -0.3 is 9.47 Å². The molecular formula is C32H43NO3. The SMILES string of the molecule is CCCCCCCC1(C#N)CCC(OC(=O)c2ccc(-c3ccc(OCCCCC)cc3)cc2)CC1. The van der Waals surface area contributed by atoms with E-state index in [4.69, 9.17) is 9.47 Å². The van der Waals surface area contributed by atoms with Gasteiger partial charge in [-0.25, -0.2) is 4.79 Å². The fourth-order valence-corrected chi connectivity index (χ4v) is 5.05. The molecule has 1 saturated carbocycles. The van der Waals surface area contributed by atoms with E-state index in [-0.39, 0.29) is 17.5 Å². The van der Waals surface area contributed by atoms with E-state index in [1.54, 1.807) is 0 Å². The summed E-state index contributed by atoms with van der Waals surface area (Å²) in [5.74, 6) is 0.617. The average molecular weight is 490 g/mol. The lowest BCUT2D eigenvalue weighted by molar-refractivity contribution is 0.0105. The maximum atomic E-state index is 12.8. The van der Waals surface area contributed by atoms with E-state index in [9.17, 15) is 10.1 Å². The summed E-state index contributed by atoms with van der Waals surface area (Å²) >= 11 is 0. The molecule has 0 bridgehead atoms. The molecule has 0 heterocycles. The second-order valence-electron chi connectivity index (χ2n) is 10.3. The lowest BCUT2D eigenvalue weighted by Gasteiger charge is -2.34.